The first-order valence-electron chi connectivity index (χ1n) is 4.92. The molecular formula is C9H13N3OS2. The zero-order valence-corrected chi connectivity index (χ0v) is 10.4. The second kappa shape index (κ2) is 4.49. The van der Waals surface area contributed by atoms with Crippen LogP contribution in [0.3, 0.4) is 0 Å². The Morgan fingerprint density at radius 3 is 3.00 bits per heavy atom. The van der Waals surface area contributed by atoms with E-state index in [9.17, 15) is 4.79 Å². The molecule has 2 rings (SSSR count). The number of nitrogens with zero attached hydrogens (tertiary/aromatic N) is 3. The average Bonchev–Trinajstić information content (AvgIpc) is 2.75. The number of carbonyl (C=O) groups excluding carboxylic acids is 1. The molecule has 1 saturated heterocycles. The number of hydrogen-bond acceptors (Lipinski definition) is 5. The van der Waals surface area contributed by atoms with Crippen LogP contribution >= 0.6 is 23.3 Å². The van der Waals surface area contributed by atoms with Crippen molar-refractivity contribution in [2.75, 3.05) is 13.1 Å². The van der Waals surface area contributed by atoms with Crippen LogP contribution < -0.4 is 0 Å². The Kier molecular flexibility index (Phi) is 3.25. The molecule has 0 aliphatic carbocycles. The summed E-state index contributed by atoms with van der Waals surface area (Å²) in [4.78, 5) is 17.8. The monoisotopic (exact) mass is 243 g/mol. The van der Waals surface area contributed by atoms with Crippen molar-refractivity contribution in [1.82, 2.24) is 14.3 Å². The summed E-state index contributed by atoms with van der Waals surface area (Å²) in [6, 6.07) is 0. The van der Waals surface area contributed by atoms with Crippen LogP contribution in [0.2, 0.25) is 0 Å². The Hall–Kier alpha value is -0.620. The van der Waals surface area contributed by atoms with Gasteiger partial charge < -0.3 is 4.90 Å². The van der Waals surface area contributed by atoms with Crippen molar-refractivity contribution in [3.8, 4) is 0 Å². The van der Waals surface area contributed by atoms with Crippen LogP contribution in [0.15, 0.2) is 5.16 Å². The van der Waals surface area contributed by atoms with Gasteiger partial charge in [-0.25, -0.2) is 4.98 Å². The summed E-state index contributed by atoms with van der Waals surface area (Å²) in [7, 11) is 0. The smallest absolute Gasteiger partial charge is 0.289 e. The second-order valence-electron chi connectivity index (χ2n) is 3.80. The Bertz CT molecular complexity index is 366. The van der Waals surface area contributed by atoms with E-state index >= 15 is 0 Å². The summed E-state index contributed by atoms with van der Waals surface area (Å²) in [6.45, 7) is 5.80. The highest BCUT2D eigenvalue weighted by molar-refractivity contribution is 8.13. The van der Waals surface area contributed by atoms with Crippen LogP contribution in [0.5, 0.6) is 0 Å². The van der Waals surface area contributed by atoms with Gasteiger partial charge in [-0.2, -0.15) is 4.37 Å². The molecule has 82 valence electrons. The van der Waals surface area contributed by atoms with Gasteiger partial charge in [0, 0.05) is 24.9 Å². The first kappa shape index (κ1) is 10.9. The van der Waals surface area contributed by atoms with E-state index in [1.54, 1.807) is 0 Å². The fourth-order valence-corrected chi connectivity index (χ4v) is 2.90. The zero-order chi connectivity index (χ0) is 10.8. The number of carbonyl (C=O) groups is 1. The molecule has 15 heavy (non-hydrogen) atoms. The van der Waals surface area contributed by atoms with Crippen molar-refractivity contribution in [2.24, 2.45) is 5.92 Å². The predicted molar refractivity (Wildman–Crippen MR) is 61.3 cm³/mol. The van der Waals surface area contributed by atoms with Crippen molar-refractivity contribution in [3.63, 3.8) is 0 Å². The Balaban J connectivity index is 1.92. The number of hydrogen-bond donors (Lipinski definition) is 0. The summed E-state index contributed by atoms with van der Waals surface area (Å²) in [5.41, 5.74) is 0. The molecule has 1 aliphatic heterocycles. The van der Waals surface area contributed by atoms with E-state index in [0.717, 1.165) is 36.3 Å². The van der Waals surface area contributed by atoms with Gasteiger partial charge >= 0.3 is 0 Å². The van der Waals surface area contributed by atoms with Crippen LogP contribution in [-0.2, 0) is 0 Å². The normalized spacial score (nSPS) is 20.9. The number of thioether (sulfide) groups is 1. The van der Waals surface area contributed by atoms with Gasteiger partial charge in [-0.3, -0.25) is 4.79 Å². The van der Waals surface area contributed by atoms with Crippen molar-refractivity contribution >= 4 is 28.5 Å². The van der Waals surface area contributed by atoms with Crippen LogP contribution in [0.4, 0.5) is 4.79 Å². The van der Waals surface area contributed by atoms with E-state index in [2.05, 4.69) is 16.3 Å². The van der Waals surface area contributed by atoms with Gasteiger partial charge in [-0.15, -0.1) is 0 Å². The van der Waals surface area contributed by atoms with E-state index in [1.807, 2.05) is 11.8 Å². The molecule has 1 fully saturated rings. The number of aryl methyl sites for hydroxylation is 1. The van der Waals surface area contributed by atoms with Crippen LogP contribution in [-0.4, -0.2) is 32.6 Å². The summed E-state index contributed by atoms with van der Waals surface area (Å²) in [6.07, 6.45) is 1.11. The fraction of sp³-hybridized carbons (Fsp3) is 0.667. The molecule has 0 radical (unpaired) electrons. The Labute approximate surface area is 97.2 Å². The molecule has 0 spiro atoms. The number of amides is 1. The van der Waals surface area contributed by atoms with Gasteiger partial charge in [-0.05, 0) is 30.8 Å². The lowest BCUT2D eigenvalue weighted by molar-refractivity contribution is 0.232. The van der Waals surface area contributed by atoms with Crippen LogP contribution in [0.1, 0.15) is 18.4 Å². The topological polar surface area (TPSA) is 46.1 Å². The summed E-state index contributed by atoms with van der Waals surface area (Å²) < 4.78 is 4.09. The SMILES string of the molecule is Cc1nc(SC(=O)N2CCC(C)C2)ns1. The summed E-state index contributed by atoms with van der Waals surface area (Å²) in [5, 5.41) is 1.57. The number of aromatic nitrogens is 2. The molecule has 2 heterocycles. The zero-order valence-electron chi connectivity index (χ0n) is 8.77. The minimum Gasteiger partial charge on any atom is -0.333 e. The second-order valence-corrected chi connectivity index (χ2v) is 5.68. The molecule has 4 nitrogen and oxygen atoms in total. The highest BCUT2D eigenvalue weighted by Crippen LogP contribution is 2.24. The molecule has 6 heteroatoms. The average molecular weight is 243 g/mol. The highest BCUT2D eigenvalue weighted by Gasteiger charge is 2.24. The molecule has 0 aromatic carbocycles. The standard InChI is InChI=1S/C9H13N3OS2/c1-6-3-4-12(5-6)9(13)14-8-10-7(2)15-11-8/h6H,3-5H2,1-2H3. The van der Waals surface area contributed by atoms with E-state index < -0.39 is 0 Å². The maximum atomic E-state index is 11.8. The fourth-order valence-electron chi connectivity index (χ4n) is 1.57. The predicted octanol–water partition coefficient (Wildman–Crippen LogP) is 2.40. The molecule has 1 aromatic heterocycles. The van der Waals surface area contributed by atoms with Gasteiger partial charge in [0.2, 0.25) is 5.16 Å². The van der Waals surface area contributed by atoms with Crippen molar-refractivity contribution in [3.05, 3.63) is 5.01 Å². The van der Waals surface area contributed by atoms with Gasteiger partial charge in [0.1, 0.15) is 5.01 Å². The molecule has 0 N–H and O–H groups in total. The van der Waals surface area contributed by atoms with Crippen LogP contribution in [0.25, 0.3) is 0 Å². The molecule has 1 atom stereocenters. The largest absolute Gasteiger partial charge is 0.333 e. The Morgan fingerprint density at radius 2 is 2.47 bits per heavy atom. The van der Waals surface area contributed by atoms with Gasteiger partial charge in [0.05, 0.1) is 0 Å². The van der Waals surface area contributed by atoms with E-state index in [1.165, 1.54) is 11.5 Å². The minimum atomic E-state index is 0.0807. The molecule has 1 amide bonds. The number of rotatable bonds is 1. The molecule has 1 aliphatic rings. The van der Waals surface area contributed by atoms with Crippen LogP contribution in [0, 0.1) is 12.8 Å². The minimum absolute atomic E-state index is 0.0807. The van der Waals surface area contributed by atoms with Gasteiger partial charge in [-0.1, -0.05) is 6.92 Å². The van der Waals surface area contributed by atoms with Crippen molar-refractivity contribution in [2.45, 2.75) is 25.4 Å². The molecule has 1 aromatic rings. The van der Waals surface area contributed by atoms with E-state index in [-0.39, 0.29) is 5.24 Å². The van der Waals surface area contributed by atoms with Gasteiger partial charge in [0.15, 0.2) is 0 Å². The lowest BCUT2D eigenvalue weighted by Crippen LogP contribution is -2.24. The third-order valence-corrected chi connectivity index (χ3v) is 3.90. The first-order valence-corrected chi connectivity index (χ1v) is 6.51. The lowest BCUT2D eigenvalue weighted by atomic mass is 10.2. The highest BCUT2D eigenvalue weighted by atomic mass is 32.2. The number of likely N-dealkylation sites (tertiary alicyclic amines) is 1. The maximum Gasteiger partial charge on any atom is 0.289 e. The Morgan fingerprint density at radius 1 is 1.67 bits per heavy atom. The molecule has 1 unspecified atom stereocenters. The van der Waals surface area contributed by atoms with E-state index in [0.29, 0.717) is 11.1 Å². The third kappa shape index (κ3) is 2.69. The molecule has 0 saturated carbocycles. The lowest BCUT2D eigenvalue weighted by Gasteiger charge is -2.13. The third-order valence-electron chi connectivity index (χ3n) is 2.37. The van der Waals surface area contributed by atoms with Crippen molar-refractivity contribution in [1.29, 1.82) is 0 Å². The van der Waals surface area contributed by atoms with Gasteiger partial charge in [0.25, 0.3) is 5.24 Å². The summed E-state index contributed by atoms with van der Waals surface area (Å²) >= 11 is 2.48. The van der Waals surface area contributed by atoms with Crippen molar-refractivity contribution < 1.29 is 4.79 Å². The maximum absolute atomic E-state index is 11.8. The quantitative estimate of drug-likeness (QED) is 0.711. The molecule has 0 bridgehead atoms. The first-order chi connectivity index (χ1) is 7.15. The molecular weight excluding hydrogens is 230 g/mol. The van der Waals surface area contributed by atoms with E-state index in [4.69, 9.17) is 0 Å². The summed E-state index contributed by atoms with van der Waals surface area (Å²) in [5.74, 6) is 0.625.